The van der Waals surface area contributed by atoms with Crippen molar-refractivity contribution in [2.45, 2.75) is 44.1 Å². The second kappa shape index (κ2) is 9.89. The second-order valence-electron chi connectivity index (χ2n) is 7.01. The number of rotatable bonds is 9. The lowest BCUT2D eigenvalue weighted by Crippen LogP contribution is -2.23. The molecule has 0 fully saturated rings. The molecule has 1 N–H and O–H groups in total. The minimum Gasteiger partial charge on any atom is -0.497 e. The number of thioether (sulfide) groups is 1. The Morgan fingerprint density at radius 1 is 1.24 bits per heavy atom. The van der Waals surface area contributed by atoms with E-state index in [1.807, 2.05) is 36.6 Å². The number of methoxy groups -OCH3 is 1. The molecule has 0 spiro atoms. The van der Waals surface area contributed by atoms with Gasteiger partial charge in [-0.05, 0) is 30.5 Å². The number of ether oxygens (including phenoxy) is 1. The van der Waals surface area contributed by atoms with E-state index in [0.717, 1.165) is 28.8 Å². The van der Waals surface area contributed by atoms with Crippen LogP contribution in [0, 0.1) is 5.92 Å². The van der Waals surface area contributed by atoms with Gasteiger partial charge in [-0.2, -0.15) is 0 Å². The predicted octanol–water partition coefficient (Wildman–Crippen LogP) is 4.11. The van der Waals surface area contributed by atoms with Crippen LogP contribution in [0.1, 0.15) is 32.2 Å². The highest BCUT2D eigenvalue weighted by Crippen LogP contribution is 2.26. The van der Waals surface area contributed by atoms with Crippen molar-refractivity contribution in [1.82, 2.24) is 19.7 Å². The van der Waals surface area contributed by atoms with Crippen molar-refractivity contribution in [2.24, 2.45) is 5.92 Å². The van der Waals surface area contributed by atoms with Crippen LogP contribution in [0.25, 0.3) is 0 Å². The Labute approximate surface area is 178 Å². The van der Waals surface area contributed by atoms with Gasteiger partial charge in [0.05, 0.1) is 12.4 Å². The van der Waals surface area contributed by atoms with E-state index < -0.39 is 0 Å². The molecular weight excluding hydrogens is 406 g/mol. The summed E-state index contributed by atoms with van der Waals surface area (Å²) in [7, 11) is 1.66. The molecule has 9 heteroatoms. The number of thiazole rings is 1. The van der Waals surface area contributed by atoms with Gasteiger partial charge in [-0.3, -0.25) is 4.79 Å². The Bertz CT molecular complexity index is 923. The Hall–Kier alpha value is -2.39. The minimum absolute atomic E-state index is 0.0965. The molecule has 0 bridgehead atoms. The SMILES string of the molecule is COc1ccc(Cc2nnc(SC(C)C(=O)Nc3nccs3)n2CC(C)C)cc1. The summed E-state index contributed by atoms with van der Waals surface area (Å²) >= 11 is 2.81. The summed E-state index contributed by atoms with van der Waals surface area (Å²) in [6.45, 7) is 6.97. The molecule has 3 aromatic rings. The largest absolute Gasteiger partial charge is 0.497 e. The van der Waals surface area contributed by atoms with Gasteiger partial charge in [0.2, 0.25) is 5.91 Å². The van der Waals surface area contributed by atoms with Gasteiger partial charge in [0, 0.05) is 24.5 Å². The molecule has 0 radical (unpaired) electrons. The fourth-order valence-corrected chi connectivity index (χ4v) is 4.12. The van der Waals surface area contributed by atoms with Crippen LogP contribution in [0.3, 0.4) is 0 Å². The number of carbonyl (C=O) groups is 1. The van der Waals surface area contributed by atoms with Crippen molar-refractivity contribution in [2.75, 3.05) is 12.4 Å². The first-order chi connectivity index (χ1) is 14.0. The van der Waals surface area contributed by atoms with Gasteiger partial charge in [0.15, 0.2) is 10.3 Å². The van der Waals surface area contributed by atoms with E-state index >= 15 is 0 Å². The summed E-state index contributed by atoms with van der Waals surface area (Å²) in [5.41, 5.74) is 1.13. The molecule has 29 heavy (non-hydrogen) atoms. The van der Waals surface area contributed by atoms with Crippen LogP contribution in [-0.2, 0) is 17.8 Å². The number of amides is 1. The molecule has 1 amide bonds. The number of nitrogens with zero attached hydrogens (tertiary/aromatic N) is 4. The highest BCUT2D eigenvalue weighted by molar-refractivity contribution is 8.00. The summed E-state index contributed by atoms with van der Waals surface area (Å²) in [6, 6.07) is 7.95. The zero-order valence-electron chi connectivity index (χ0n) is 17.0. The number of aromatic nitrogens is 4. The van der Waals surface area contributed by atoms with Crippen LogP contribution < -0.4 is 10.1 Å². The summed E-state index contributed by atoms with van der Waals surface area (Å²) in [5.74, 6) is 2.05. The standard InChI is InChI=1S/C20H25N5O2S2/c1-13(2)12-25-17(11-15-5-7-16(27-4)8-6-15)23-24-20(25)29-14(3)18(26)22-19-21-9-10-28-19/h5-10,13-14H,11-12H2,1-4H3,(H,21,22,26). The molecule has 1 aromatic carbocycles. The fraction of sp³-hybridized carbons (Fsp3) is 0.400. The quantitative estimate of drug-likeness (QED) is 0.514. The lowest BCUT2D eigenvalue weighted by molar-refractivity contribution is -0.115. The number of anilines is 1. The van der Waals surface area contributed by atoms with E-state index in [-0.39, 0.29) is 11.2 Å². The molecule has 0 aliphatic rings. The third-order valence-corrected chi connectivity index (χ3v) is 5.95. The zero-order chi connectivity index (χ0) is 20.8. The third-order valence-electron chi connectivity index (χ3n) is 4.18. The summed E-state index contributed by atoms with van der Waals surface area (Å²) in [4.78, 5) is 16.6. The normalized spacial score (nSPS) is 12.2. The number of carbonyl (C=O) groups excluding carboxylic acids is 1. The average Bonchev–Trinajstić information content (AvgIpc) is 3.33. The highest BCUT2D eigenvalue weighted by atomic mass is 32.2. The Morgan fingerprint density at radius 2 is 2.00 bits per heavy atom. The molecule has 0 saturated carbocycles. The average molecular weight is 432 g/mol. The van der Waals surface area contributed by atoms with Crippen LogP contribution in [0.15, 0.2) is 41.0 Å². The van der Waals surface area contributed by atoms with Gasteiger partial charge in [0.25, 0.3) is 0 Å². The van der Waals surface area contributed by atoms with Crippen LogP contribution in [0.2, 0.25) is 0 Å². The first-order valence-corrected chi connectivity index (χ1v) is 11.1. The maximum absolute atomic E-state index is 12.5. The Kier molecular flexibility index (Phi) is 7.27. The predicted molar refractivity (Wildman–Crippen MR) is 117 cm³/mol. The van der Waals surface area contributed by atoms with Gasteiger partial charge in [-0.25, -0.2) is 4.98 Å². The summed E-state index contributed by atoms with van der Waals surface area (Å²) < 4.78 is 7.34. The first-order valence-electron chi connectivity index (χ1n) is 9.38. The highest BCUT2D eigenvalue weighted by Gasteiger charge is 2.21. The lowest BCUT2D eigenvalue weighted by Gasteiger charge is -2.15. The van der Waals surface area contributed by atoms with Crippen molar-refractivity contribution in [1.29, 1.82) is 0 Å². The molecule has 3 rings (SSSR count). The van der Waals surface area contributed by atoms with Crippen molar-refractivity contribution < 1.29 is 9.53 Å². The Balaban J connectivity index is 1.74. The van der Waals surface area contributed by atoms with Crippen LogP contribution in [-0.4, -0.2) is 38.0 Å². The van der Waals surface area contributed by atoms with E-state index in [0.29, 0.717) is 17.5 Å². The third kappa shape index (κ3) is 5.80. The number of hydrogen-bond donors (Lipinski definition) is 1. The number of nitrogens with one attached hydrogen (secondary N) is 1. The molecular formula is C20H25N5O2S2. The first kappa shape index (κ1) is 21.3. The maximum Gasteiger partial charge on any atom is 0.239 e. The van der Waals surface area contributed by atoms with Crippen LogP contribution >= 0.6 is 23.1 Å². The van der Waals surface area contributed by atoms with Gasteiger partial charge in [-0.1, -0.05) is 37.7 Å². The molecule has 0 aliphatic carbocycles. The number of benzene rings is 1. The smallest absolute Gasteiger partial charge is 0.239 e. The summed E-state index contributed by atoms with van der Waals surface area (Å²) in [6.07, 6.45) is 2.34. The van der Waals surface area contributed by atoms with Gasteiger partial charge >= 0.3 is 0 Å². The molecule has 2 aromatic heterocycles. The Morgan fingerprint density at radius 3 is 2.62 bits per heavy atom. The zero-order valence-corrected chi connectivity index (χ0v) is 18.6. The van der Waals surface area contributed by atoms with Crippen LogP contribution in [0.4, 0.5) is 5.13 Å². The molecule has 0 saturated heterocycles. The van der Waals surface area contributed by atoms with Crippen LogP contribution in [0.5, 0.6) is 5.75 Å². The number of hydrogen-bond acceptors (Lipinski definition) is 7. The van der Waals surface area contributed by atoms with E-state index in [1.54, 1.807) is 13.3 Å². The minimum atomic E-state index is -0.317. The molecule has 1 atom stereocenters. The van der Waals surface area contributed by atoms with E-state index in [2.05, 4.69) is 38.9 Å². The van der Waals surface area contributed by atoms with Gasteiger partial charge in [0.1, 0.15) is 11.6 Å². The molecule has 7 nitrogen and oxygen atoms in total. The van der Waals surface area contributed by atoms with E-state index in [4.69, 9.17) is 4.74 Å². The van der Waals surface area contributed by atoms with Crippen molar-refractivity contribution >= 4 is 34.1 Å². The maximum atomic E-state index is 12.5. The van der Waals surface area contributed by atoms with Gasteiger partial charge < -0.3 is 14.6 Å². The lowest BCUT2D eigenvalue weighted by atomic mass is 10.1. The van der Waals surface area contributed by atoms with Gasteiger partial charge in [-0.15, -0.1) is 21.5 Å². The monoisotopic (exact) mass is 431 g/mol. The van der Waals surface area contributed by atoms with E-state index in [1.165, 1.54) is 23.1 Å². The van der Waals surface area contributed by atoms with Crippen molar-refractivity contribution in [3.63, 3.8) is 0 Å². The summed E-state index contributed by atoms with van der Waals surface area (Å²) in [5, 5.41) is 14.5. The molecule has 1 unspecified atom stereocenters. The molecule has 154 valence electrons. The van der Waals surface area contributed by atoms with Crippen molar-refractivity contribution in [3.05, 3.63) is 47.2 Å². The molecule has 0 aliphatic heterocycles. The fourth-order valence-electron chi connectivity index (χ4n) is 2.72. The second-order valence-corrected chi connectivity index (χ2v) is 9.22. The topological polar surface area (TPSA) is 81.9 Å². The van der Waals surface area contributed by atoms with E-state index in [9.17, 15) is 4.79 Å². The van der Waals surface area contributed by atoms with Crippen molar-refractivity contribution in [3.8, 4) is 5.75 Å². The molecule has 2 heterocycles.